The highest BCUT2D eigenvalue weighted by atomic mass is 16.4. The number of hydrogen-bond acceptors (Lipinski definition) is 4. The Hall–Kier alpha value is -3.88. The molecule has 0 unspecified atom stereocenters. The van der Waals surface area contributed by atoms with Crippen molar-refractivity contribution >= 4 is 35.1 Å². The molecular formula is C21H25N5O4. The van der Waals surface area contributed by atoms with E-state index in [-0.39, 0.29) is 18.9 Å². The van der Waals surface area contributed by atoms with Gasteiger partial charge in [-0.3, -0.25) is 19.8 Å². The molecule has 0 aliphatic heterocycles. The fraction of sp³-hybridized carbons (Fsp3) is 0.238. The zero-order chi connectivity index (χ0) is 22.3. The third kappa shape index (κ3) is 6.62. The Labute approximate surface area is 174 Å². The summed E-state index contributed by atoms with van der Waals surface area (Å²) in [6, 6.07) is 10.1. The maximum absolute atomic E-state index is 12.3. The molecule has 0 aliphatic rings. The number of anilines is 2. The van der Waals surface area contributed by atoms with E-state index in [4.69, 9.17) is 16.2 Å². The minimum atomic E-state index is -0.883. The second kappa shape index (κ2) is 10.1. The summed E-state index contributed by atoms with van der Waals surface area (Å²) in [6.45, 7) is 3.45. The summed E-state index contributed by atoms with van der Waals surface area (Å²) in [5.41, 5.74) is 9.22. The number of carbonyl (C=O) groups is 3. The molecule has 0 spiro atoms. The summed E-state index contributed by atoms with van der Waals surface area (Å²) in [7, 11) is 0. The van der Waals surface area contributed by atoms with Crippen LogP contribution in [-0.2, 0) is 16.0 Å². The van der Waals surface area contributed by atoms with Gasteiger partial charge in [-0.25, -0.2) is 0 Å². The van der Waals surface area contributed by atoms with E-state index in [2.05, 4.69) is 16.0 Å². The molecule has 0 fully saturated rings. The predicted octanol–water partition coefficient (Wildman–Crippen LogP) is 1.99. The van der Waals surface area contributed by atoms with Gasteiger partial charge in [0.05, 0.1) is 6.54 Å². The Morgan fingerprint density at radius 3 is 2.50 bits per heavy atom. The van der Waals surface area contributed by atoms with Gasteiger partial charge in [-0.05, 0) is 61.2 Å². The molecule has 9 nitrogen and oxygen atoms in total. The van der Waals surface area contributed by atoms with E-state index in [9.17, 15) is 14.4 Å². The Morgan fingerprint density at radius 2 is 1.83 bits per heavy atom. The van der Waals surface area contributed by atoms with Crippen LogP contribution in [0.1, 0.15) is 33.5 Å². The van der Waals surface area contributed by atoms with E-state index in [1.807, 2.05) is 19.9 Å². The molecular weight excluding hydrogens is 386 g/mol. The number of aryl methyl sites for hydroxylation is 2. The Bertz CT molecular complexity index is 987. The van der Waals surface area contributed by atoms with Crippen molar-refractivity contribution in [2.45, 2.75) is 26.7 Å². The van der Waals surface area contributed by atoms with Crippen LogP contribution in [0, 0.1) is 19.3 Å². The summed E-state index contributed by atoms with van der Waals surface area (Å²) in [5, 5.41) is 24.0. The second-order valence-electron chi connectivity index (χ2n) is 6.84. The molecule has 0 radical (unpaired) electrons. The molecule has 9 heteroatoms. The summed E-state index contributed by atoms with van der Waals surface area (Å²) >= 11 is 0. The topological polar surface area (TPSA) is 157 Å². The van der Waals surface area contributed by atoms with Crippen molar-refractivity contribution < 1.29 is 19.5 Å². The standard InChI is InChI=1S/C21H25N5O4/c1-12-8-14(6-7-19(28)29)13(2)17(9-12)26-18(27)11-24-20(30)15-4-3-5-16(10-15)25-21(22)23/h3-5,8-10H,6-7,11H2,1-2H3,(H,24,30)(H,26,27)(H,28,29)(H4,22,23,25). The van der Waals surface area contributed by atoms with Gasteiger partial charge in [0, 0.05) is 23.4 Å². The number of carboxylic acid groups (broad SMARTS) is 1. The van der Waals surface area contributed by atoms with Crippen molar-refractivity contribution in [3.63, 3.8) is 0 Å². The first-order valence-electron chi connectivity index (χ1n) is 9.26. The van der Waals surface area contributed by atoms with Crippen LogP contribution in [0.15, 0.2) is 36.4 Å². The van der Waals surface area contributed by atoms with Crippen LogP contribution in [0.25, 0.3) is 0 Å². The number of rotatable bonds is 8. The van der Waals surface area contributed by atoms with E-state index in [0.29, 0.717) is 23.4 Å². The number of carbonyl (C=O) groups excluding carboxylic acids is 2. The van der Waals surface area contributed by atoms with E-state index < -0.39 is 17.8 Å². The first-order valence-corrected chi connectivity index (χ1v) is 9.26. The van der Waals surface area contributed by atoms with Crippen LogP contribution in [-0.4, -0.2) is 35.4 Å². The first-order chi connectivity index (χ1) is 14.2. The van der Waals surface area contributed by atoms with E-state index in [1.165, 1.54) is 6.07 Å². The van der Waals surface area contributed by atoms with Crippen molar-refractivity contribution in [2.24, 2.45) is 5.73 Å². The van der Waals surface area contributed by atoms with Crippen LogP contribution in [0.3, 0.4) is 0 Å². The monoisotopic (exact) mass is 411 g/mol. The number of hydrogen-bond donors (Lipinski definition) is 6. The molecule has 0 saturated heterocycles. The number of aliphatic carboxylic acids is 1. The minimum absolute atomic E-state index is 0.00524. The lowest BCUT2D eigenvalue weighted by atomic mass is 9.99. The van der Waals surface area contributed by atoms with Crippen LogP contribution in [0.4, 0.5) is 11.4 Å². The van der Waals surface area contributed by atoms with Crippen molar-refractivity contribution in [3.05, 3.63) is 58.7 Å². The van der Waals surface area contributed by atoms with Crippen molar-refractivity contribution in [1.29, 1.82) is 5.41 Å². The zero-order valence-corrected chi connectivity index (χ0v) is 16.8. The van der Waals surface area contributed by atoms with Crippen molar-refractivity contribution in [3.8, 4) is 0 Å². The van der Waals surface area contributed by atoms with Gasteiger partial charge in [0.25, 0.3) is 5.91 Å². The van der Waals surface area contributed by atoms with Crippen LogP contribution >= 0.6 is 0 Å². The molecule has 7 N–H and O–H groups in total. The number of benzene rings is 2. The van der Waals surface area contributed by atoms with Gasteiger partial charge in [0.1, 0.15) is 0 Å². The number of guanidine groups is 1. The normalized spacial score (nSPS) is 10.2. The average Bonchev–Trinajstić information content (AvgIpc) is 2.67. The van der Waals surface area contributed by atoms with Crippen LogP contribution in [0.2, 0.25) is 0 Å². The van der Waals surface area contributed by atoms with Gasteiger partial charge in [0.2, 0.25) is 5.91 Å². The minimum Gasteiger partial charge on any atom is -0.481 e. The molecule has 0 aromatic heterocycles. The lowest BCUT2D eigenvalue weighted by molar-refractivity contribution is -0.137. The number of nitrogens with two attached hydrogens (primary N) is 1. The average molecular weight is 411 g/mol. The SMILES string of the molecule is Cc1cc(CCC(=O)O)c(C)c(NC(=O)CNC(=O)c2cccc(NC(=N)N)c2)c1. The van der Waals surface area contributed by atoms with Crippen LogP contribution in [0.5, 0.6) is 0 Å². The zero-order valence-electron chi connectivity index (χ0n) is 16.8. The van der Waals surface area contributed by atoms with Gasteiger partial charge >= 0.3 is 5.97 Å². The highest BCUT2D eigenvalue weighted by Crippen LogP contribution is 2.23. The highest BCUT2D eigenvalue weighted by molar-refractivity contribution is 6.00. The summed E-state index contributed by atoms with van der Waals surface area (Å²) in [5.74, 6) is -1.98. The van der Waals surface area contributed by atoms with Crippen molar-refractivity contribution in [2.75, 3.05) is 17.2 Å². The van der Waals surface area contributed by atoms with Gasteiger partial charge in [-0.15, -0.1) is 0 Å². The largest absolute Gasteiger partial charge is 0.481 e. The fourth-order valence-corrected chi connectivity index (χ4v) is 2.92. The maximum atomic E-state index is 12.3. The third-order valence-corrected chi connectivity index (χ3v) is 4.36. The summed E-state index contributed by atoms with van der Waals surface area (Å²) < 4.78 is 0. The van der Waals surface area contributed by atoms with Gasteiger partial charge < -0.3 is 26.8 Å². The molecule has 2 rings (SSSR count). The lowest BCUT2D eigenvalue weighted by Gasteiger charge is -2.14. The third-order valence-electron chi connectivity index (χ3n) is 4.36. The predicted molar refractivity (Wildman–Crippen MR) is 115 cm³/mol. The fourth-order valence-electron chi connectivity index (χ4n) is 2.92. The molecule has 30 heavy (non-hydrogen) atoms. The molecule has 158 valence electrons. The van der Waals surface area contributed by atoms with Gasteiger partial charge in [-0.2, -0.15) is 0 Å². The molecule has 0 aliphatic carbocycles. The second-order valence-corrected chi connectivity index (χ2v) is 6.84. The molecule has 2 aromatic carbocycles. The Morgan fingerprint density at radius 1 is 1.10 bits per heavy atom. The maximum Gasteiger partial charge on any atom is 0.303 e. The smallest absolute Gasteiger partial charge is 0.303 e. The van der Waals surface area contributed by atoms with Gasteiger partial charge in [-0.1, -0.05) is 12.1 Å². The van der Waals surface area contributed by atoms with E-state index in [0.717, 1.165) is 16.7 Å². The van der Waals surface area contributed by atoms with E-state index >= 15 is 0 Å². The highest BCUT2D eigenvalue weighted by Gasteiger charge is 2.12. The molecule has 2 aromatic rings. The number of amides is 2. The Balaban J connectivity index is 2.00. The quantitative estimate of drug-likeness (QED) is 0.288. The Kier molecular flexibility index (Phi) is 7.51. The number of nitrogens with one attached hydrogen (secondary N) is 4. The number of carboxylic acids is 1. The van der Waals surface area contributed by atoms with Crippen LogP contribution < -0.4 is 21.7 Å². The molecule has 0 heterocycles. The van der Waals surface area contributed by atoms with Gasteiger partial charge in [0.15, 0.2) is 5.96 Å². The molecule has 0 bridgehead atoms. The van der Waals surface area contributed by atoms with E-state index in [1.54, 1.807) is 24.3 Å². The van der Waals surface area contributed by atoms with Crippen molar-refractivity contribution in [1.82, 2.24) is 5.32 Å². The molecule has 0 atom stereocenters. The first kappa shape index (κ1) is 22.4. The summed E-state index contributed by atoms with van der Waals surface area (Å²) in [6.07, 6.45) is 0.373. The molecule has 2 amide bonds. The lowest BCUT2D eigenvalue weighted by Crippen LogP contribution is -2.33. The summed E-state index contributed by atoms with van der Waals surface area (Å²) in [4.78, 5) is 35.5. The molecule has 0 saturated carbocycles.